The van der Waals surface area contributed by atoms with Crippen molar-refractivity contribution in [2.45, 2.75) is 13.8 Å². The van der Waals surface area contributed by atoms with Gasteiger partial charge in [0.25, 0.3) is 0 Å². The van der Waals surface area contributed by atoms with Crippen molar-refractivity contribution in [1.82, 2.24) is 9.97 Å². The molecule has 1 heterocycles. The maximum Gasteiger partial charge on any atom is 0.145 e. The standard InChI is InChI=1S/C12H13Cl2N5/c1-6-3-9(14)10(4-8(6)13)18-11-5-12(19-15)17-7(2)16-11/h3-5H,15H2,1-2H3,(H2,16,17,18,19). The topological polar surface area (TPSA) is 75.9 Å². The largest absolute Gasteiger partial charge is 0.339 e. The van der Waals surface area contributed by atoms with Crippen molar-refractivity contribution in [3.05, 3.63) is 39.6 Å². The van der Waals surface area contributed by atoms with Gasteiger partial charge in [0.1, 0.15) is 17.5 Å². The molecule has 0 spiro atoms. The van der Waals surface area contributed by atoms with Gasteiger partial charge < -0.3 is 10.7 Å². The van der Waals surface area contributed by atoms with E-state index in [1.807, 2.05) is 6.92 Å². The predicted octanol–water partition coefficient (Wildman–Crippen LogP) is 3.43. The highest BCUT2D eigenvalue weighted by Crippen LogP contribution is 2.30. The van der Waals surface area contributed by atoms with E-state index in [9.17, 15) is 0 Å². The van der Waals surface area contributed by atoms with Crippen molar-refractivity contribution in [3.8, 4) is 0 Å². The fraction of sp³-hybridized carbons (Fsp3) is 0.167. The number of anilines is 3. The SMILES string of the molecule is Cc1nc(NN)cc(Nc2cc(Cl)c(C)cc2Cl)n1. The van der Waals surface area contributed by atoms with Crippen molar-refractivity contribution in [1.29, 1.82) is 0 Å². The first-order valence-corrected chi connectivity index (χ1v) is 6.30. The second-order valence-electron chi connectivity index (χ2n) is 4.04. The smallest absolute Gasteiger partial charge is 0.145 e. The van der Waals surface area contributed by atoms with Crippen LogP contribution in [-0.4, -0.2) is 9.97 Å². The van der Waals surface area contributed by atoms with Crippen LogP contribution >= 0.6 is 23.2 Å². The van der Waals surface area contributed by atoms with E-state index in [1.165, 1.54) is 0 Å². The molecule has 0 aliphatic heterocycles. The minimum absolute atomic E-state index is 0.518. The third-order valence-electron chi connectivity index (χ3n) is 2.50. The molecule has 0 amide bonds. The summed E-state index contributed by atoms with van der Waals surface area (Å²) in [6.07, 6.45) is 0. The lowest BCUT2D eigenvalue weighted by Gasteiger charge is -2.11. The average Bonchev–Trinajstić information content (AvgIpc) is 2.35. The Morgan fingerprint density at radius 3 is 2.37 bits per heavy atom. The van der Waals surface area contributed by atoms with E-state index < -0.39 is 0 Å². The van der Waals surface area contributed by atoms with Crippen LogP contribution in [0.2, 0.25) is 10.0 Å². The number of aryl methyl sites for hydroxylation is 2. The molecule has 0 aliphatic carbocycles. The van der Waals surface area contributed by atoms with Crippen molar-refractivity contribution >= 4 is 40.5 Å². The molecule has 0 saturated carbocycles. The Bertz CT molecular complexity index is 615. The van der Waals surface area contributed by atoms with Gasteiger partial charge in [0.2, 0.25) is 0 Å². The molecule has 1 aromatic carbocycles. The summed E-state index contributed by atoms with van der Waals surface area (Å²) in [7, 11) is 0. The Morgan fingerprint density at radius 2 is 1.68 bits per heavy atom. The third-order valence-corrected chi connectivity index (χ3v) is 3.22. The molecule has 0 aliphatic rings. The summed E-state index contributed by atoms with van der Waals surface area (Å²) in [5.74, 6) is 7.03. The van der Waals surface area contributed by atoms with Crippen molar-refractivity contribution < 1.29 is 0 Å². The van der Waals surface area contributed by atoms with Crippen LogP contribution in [0.15, 0.2) is 18.2 Å². The summed E-state index contributed by atoms with van der Waals surface area (Å²) < 4.78 is 0. The van der Waals surface area contributed by atoms with Gasteiger partial charge >= 0.3 is 0 Å². The first-order chi connectivity index (χ1) is 8.99. The Labute approximate surface area is 121 Å². The monoisotopic (exact) mass is 297 g/mol. The molecule has 0 unspecified atom stereocenters. The lowest BCUT2D eigenvalue weighted by molar-refractivity contribution is 1.05. The Morgan fingerprint density at radius 1 is 1.00 bits per heavy atom. The van der Waals surface area contributed by atoms with Gasteiger partial charge in [-0.15, -0.1) is 0 Å². The quantitative estimate of drug-likeness (QED) is 0.598. The molecule has 1 aromatic heterocycles. The van der Waals surface area contributed by atoms with Crippen LogP contribution in [0.1, 0.15) is 11.4 Å². The molecule has 0 atom stereocenters. The molecule has 0 radical (unpaired) electrons. The molecular weight excluding hydrogens is 285 g/mol. The van der Waals surface area contributed by atoms with Crippen LogP contribution in [0.3, 0.4) is 0 Å². The number of nitrogens with zero attached hydrogens (tertiary/aromatic N) is 2. The molecule has 2 rings (SSSR count). The minimum atomic E-state index is 0.518. The first kappa shape index (κ1) is 13.9. The summed E-state index contributed by atoms with van der Waals surface area (Å²) in [5.41, 5.74) is 4.07. The van der Waals surface area contributed by atoms with Gasteiger partial charge in [-0.2, -0.15) is 0 Å². The van der Waals surface area contributed by atoms with E-state index in [2.05, 4.69) is 20.7 Å². The second-order valence-corrected chi connectivity index (χ2v) is 4.85. The maximum atomic E-state index is 6.16. The van der Waals surface area contributed by atoms with Gasteiger partial charge in [0.15, 0.2) is 0 Å². The maximum absolute atomic E-state index is 6.16. The highest BCUT2D eigenvalue weighted by molar-refractivity contribution is 6.35. The van der Waals surface area contributed by atoms with E-state index in [0.717, 1.165) is 5.56 Å². The highest BCUT2D eigenvalue weighted by Gasteiger charge is 2.07. The minimum Gasteiger partial charge on any atom is -0.339 e. The molecule has 7 heteroatoms. The number of hydrazine groups is 1. The van der Waals surface area contributed by atoms with Crippen LogP contribution < -0.4 is 16.6 Å². The number of hydrogen-bond acceptors (Lipinski definition) is 5. The van der Waals surface area contributed by atoms with Crippen molar-refractivity contribution in [2.75, 3.05) is 10.7 Å². The number of nitrogen functional groups attached to an aromatic ring is 1. The zero-order chi connectivity index (χ0) is 14.0. The number of nitrogens with one attached hydrogen (secondary N) is 2. The van der Waals surface area contributed by atoms with Crippen LogP contribution in [0.5, 0.6) is 0 Å². The van der Waals surface area contributed by atoms with Crippen molar-refractivity contribution in [3.63, 3.8) is 0 Å². The number of hydrogen-bond donors (Lipinski definition) is 3. The fourth-order valence-corrected chi connectivity index (χ4v) is 2.01. The number of rotatable bonds is 3. The summed E-state index contributed by atoms with van der Waals surface area (Å²) in [4.78, 5) is 8.35. The Balaban J connectivity index is 2.36. The molecule has 5 nitrogen and oxygen atoms in total. The summed E-state index contributed by atoms with van der Waals surface area (Å²) in [6.45, 7) is 3.67. The fourth-order valence-electron chi connectivity index (χ4n) is 1.59. The van der Waals surface area contributed by atoms with Crippen LogP contribution in [-0.2, 0) is 0 Å². The zero-order valence-electron chi connectivity index (χ0n) is 10.5. The van der Waals surface area contributed by atoms with Gasteiger partial charge in [-0.1, -0.05) is 23.2 Å². The zero-order valence-corrected chi connectivity index (χ0v) is 12.0. The molecule has 4 N–H and O–H groups in total. The van der Waals surface area contributed by atoms with E-state index in [0.29, 0.717) is 33.2 Å². The van der Waals surface area contributed by atoms with Gasteiger partial charge in [-0.05, 0) is 31.5 Å². The molecule has 100 valence electrons. The first-order valence-electron chi connectivity index (χ1n) is 5.54. The number of halogens is 2. The molecule has 2 aromatic rings. The van der Waals surface area contributed by atoms with Gasteiger partial charge in [0.05, 0.1) is 10.7 Å². The van der Waals surface area contributed by atoms with E-state index in [1.54, 1.807) is 25.1 Å². The lowest BCUT2D eigenvalue weighted by Crippen LogP contribution is -2.10. The molecule has 0 fully saturated rings. The molecular formula is C12H13Cl2N5. The van der Waals surface area contributed by atoms with Gasteiger partial charge in [-0.3, -0.25) is 0 Å². The Hall–Kier alpha value is -1.56. The second kappa shape index (κ2) is 5.61. The molecule has 0 bridgehead atoms. The summed E-state index contributed by atoms with van der Waals surface area (Å²) >= 11 is 12.2. The lowest BCUT2D eigenvalue weighted by atomic mass is 10.2. The van der Waals surface area contributed by atoms with Crippen LogP contribution in [0.4, 0.5) is 17.3 Å². The van der Waals surface area contributed by atoms with E-state index in [-0.39, 0.29) is 0 Å². The number of benzene rings is 1. The van der Waals surface area contributed by atoms with Crippen LogP contribution in [0.25, 0.3) is 0 Å². The van der Waals surface area contributed by atoms with Gasteiger partial charge in [-0.25, -0.2) is 15.8 Å². The molecule has 0 saturated heterocycles. The molecule has 19 heavy (non-hydrogen) atoms. The van der Waals surface area contributed by atoms with Gasteiger partial charge in [0, 0.05) is 11.1 Å². The van der Waals surface area contributed by atoms with E-state index in [4.69, 9.17) is 29.0 Å². The number of nitrogens with two attached hydrogens (primary N) is 1. The predicted molar refractivity (Wildman–Crippen MR) is 79.1 cm³/mol. The van der Waals surface area contributed by atoms with Crippen LogP contribution in [0, 0.1) is 13.8 Å². The summed E-state index contributed by atoms with van der Waals surface area (Å²) in [5, 5.41) is 4.30. The summed E-state index contributed by atoms with van der Waals surface area (Å²) in [6, 6.07) is 5.23. The Kier molecular flexibility index (Phi) is 4.09. The van der Waals surface area contributed by atoms with E-state index >= 15 is 0 Å². The number of aromatic nitrogens is 2. The highest BCUT2D eigenvalue weighted by atomic mass is 35.5. The third kappa shape index (κ3) is 3.26. The van der Waals surface area contributed by atoms with Crippen molar-refractivity contribution in [2.24, 2.45) is 5.84 Å². The normalized spacial score (nSPS) is 10.4. The average molecular weight is 298 g/mol.